The maximum Gasteiger partial charge on any atom is 0.330 e. The summed E-state index contributed by atoms with van der Waals surface area (Å²) in [6, 6.07) is 15.0. The van der Waals surface area contributed by atoms with Crippen LogP contribution in [0.15, 0.2) is 76.0 Å². The van der Waals surface area contributed by atoms with Crippen LogP contribution in [0.1, 0.15) is 5.56 Å². The van der Waals surface area contributed by atoms with E-state index < -0.39 is 60.2 Å². The number of fused-ring (bicyclic) bond motifs is 1. The smallest absolute Gasteiger partial charge is 0.330 e. The zero-order chi connectivity index (χ0) is 32.2. The summed E-state index contributed by atoms with van der Waals surface area (Å²) in [5.41, 5.74) is 0.0997. The number of rotatable bonds is 9. The number of aliphatic hydroxyl groups is 3. The quantitative estimate of drug-likeness (QED) is 0.135. The number of aliphatic hydroxyl groups excluding tert-OH is 3. The first-order valence-electron chi connectivity index (χ1n) is 13.6. The highest BCUT2D eigenvalue weighted by Crippen LogP contribution is 2.37. The largest absolute Gasteiger partial charge is 0.508 e. The van der Waals surface area contributed by atoms with Crippen LogP contribution in [0.25, 0.3) is 28.4 Å². The molecule has 1 aromatic heterocycles. The molecule has 0 aliphatic carbocycles. The molecule has 1 aliphatic heterocycles. The van der Waals surface area contributed by atoms with Gasteiger partial charge in [-0.05, 0) is 48.0 Å². The van der Waals surface area contributed by atoms with E-state index in [9.17, 15) is 35.1 Å². The van der Waals surface area contributed by atoms with Crippen molar-refractivity contribution in [2.24, 2.45) is 0 Å². The number of ether oxygens (including phenoxy) is 5. The molecule has 45 heavy (non-hydrogen) atoms. The van der Waals surface area contributed by atoms with E-state index in [0.29, 0.717) is 16.9 Å². The van der Waals surface area contributed by atoms with E-state index in [2.05, 4.69) is 0 Å². The Morgan fingerprint density at radius 1 is 0.889 bits per heavy atom. The number of carbonyl (C=O) groups is 1. The summed E-state index contributed by atoms with van der Waals surface area (Å²) >= 11 is 0. The number of phenols is 2. The monoisotopic (exact) mass is 622 g/mol. The van der Waals surface area contributed by atoms with Gasteiger partial charge in [0.15, 0.2) is 5.76 Å². The van der Waals surface area contributed by atoms with Crippen LogP contribution in [0, 0.1) is 0 Å². The summed E-state index contributed by atoms with van der Waals surface area (Å²) in [6.45, 7) is -0.554. The zero-order valence-corrected chi connectivity index (χ0v) is 24.0. The van der Waals surface area contributed by atoms with Crippen molar-refractivity contribution in [3.63, 3.8) is 0 Å². The van der Waals surface area contributed by atoms with Crippen LogP contribution < -0.4 is 19.6 Å². The van der Waals surface area contributed by atoms with Gasteiger partial charge in [0.25, 0.3) is 0 Å². The number of benzene rings is 3. The Kier molecular flexibility index (Phi) is 9.25. The summed E-state index contributed by atoms with van der Waals surface area (Å²) < 4.78 is 33.1. The molecule has 5 atom stereocenters. The van der Waals surface area contributed by atoms with Crippen LogP contribution in [0.3, 0.4) is 0 Å². The molecule has 3 aromatic carbocycles. The van der Waals surface area contributed by atoms with Gasteiger partial charge in [0.05, 0.1) is 14.2 Å². The van der Waals surface area contributed by atoms with Gasteiger partial charge in [0.2, 0.25) is 17.5 Å². The fourth-order valence-electron chi connectivity index (χ4n) is 4.64. The van der Waals surface area contributed by atoms with Gasteiger partial charge >= 0.3 is 5.97 Å². The first-order valence-corrected chi connectivity index (χ1v) is 13.6. The molecule has 0 bridgehead atoms. The fraction of sp³-hybridized carbons (Fsp3) is 0.250. The molecule has 13 heteroatoms. The van der Waals surface area contributed by atoms with Crippen LogP contribution in [0.5, 0.6) is 28.7 Å². The molecule has 4 aromatic rings. The topological polar surface area (TPSA) is 195 Å². The van der Waals surface area contributed by atoms with Crippen LogP contribution in [0.2, 0.25) is 0 Å². The Bertz CT molecular complexity index is 1740. The van der Waals surface area contributed by atoms with Gasteiger partial charge in [0.1, 0.15) is 65.0 Å². The number of carbonyl (C=O) groups excluding carboxylic acids is 1. The lowest BCUT2D eigenvalue weighted by atomic mass is 9.99. The van der Waals surface area contributed by atoms with Crippen molar-refractivity contribution in [3.05, 3.63) is 82.5 Å². The van der Waals surface area contributed by atoms with Gasteiger partial charge in [0, 0.05) is 23.8 Å². The molecule has 0 radical (unpaired) electrons. The second-order valence-electron chi connectivity index (χ2n) is 10.0. The van der Waals surface area contributed by atoms with Crippen LogP contribution in [0.4, 0.5) is 0 Å². The molecule has 0 amide bonds. The number of aromatic hydroxyl groups is 2. The fourth-order valence-corrected chi connectivity index (χ4v) is 4.64. The van der Waals surface area contributed by atoms with Crippen molar-refractivity contribution >= 4 is 23.0 Å². The summed E-state index contributed by atoms with van der Waals surface area (Å²) in [5.74, 6) is -1.06. The number of methoxy groups -OCH3 is 2. The third-order valence-corrected chi connectivity index (χ3v) is 7.09. The lowest BCUT2D eigenvalue weighted by molar-refractivity contribution is -0.278. The predicted molar refractivity (Wildman–Crippen MR) is 158 cm³/mol. The molecule has 5 N–H and O–H groups in total. The molecule has 0 saturated carbocycles. The Balaban J connectivity index is 1.43. The van der Waals surface area contributed by atoms with Crippen LogP contribution in [-0.4, -0.2) is 83.0 Å². The molecule has 13 nitrogen and oxygen atoms in total. The molecule has 236 valence electrons. The van der Waals surface area contributed by atoms with Gasteiger partial charge in [-0.25, -0.2) is 4.79 Å². The predicted octanol–water partition coefficient (Wildman–Crippen LogP) is 2.33. The molecular formula is C32H30O13. The number of esters is 1. The molecule has 2 heterocycles. The van der Waals surface area contributed by atoms with E-state index in [1.54, 1.807) is 36.4 Å². The summed E-state index contributed by atoms with van der Waals surface area (Å²) in [4.78, 5) is 26.1. The minimum atomic E-state index is -1.86. The molecule has 1 saturated heterocycles. The highest BCUT2D eigenvalue weighted by molar-refractivity contribution is 5.88. The Hall–Kier alpha value is -5.08. The Morgan fingerprint density at radius 3 is 2.24 bits per heavy atom. The Morgan fingerprint density at radius 2 is 1.58 bits per heavy atom. The standard InChI is InChI=1S/C32H30O13/c1-40-19-10-6-17(7-11-19)30-31(27(37)25-21(34)13-20(41-2)14-22(25)43-30)45-32-29(39)28(38)26(36)23(44-32)15-42-24(35)12-5-16-3-8-18(33)9-4-16/h3-14,23,26,28-29,32-34,36,38-39H,15H2,1-2H3. The van der Waals surface area contributed by atoms with Crippen molar-refractivity contribution in [1.82, 2.24) is 0 Å². The molecule has 0 spiro atoms. The minimum Gasteiger partial charge on any atom is -0.508 e. The SMILES string of the molecule is COc1ccc(-c2oc3cc(OC)cc(O)c3c(=O)c2OC2OC(COC(=O)C=Cc3ccc(O)cc3)C(O)C(O)C2O)cc1. The molecule has 5 rings (SSSR count). The second-order valence-corrected chi connectivity index (χ2v) is 10.0. The minimum absolute atomic E-state index is 0.0271. The lowest BCUT2D eigenvalue weighted by Gasteiger charge is -2.39. The van der Waals surface area contributed by atoms with Crippen molar-refractivity contribution < 1.29 is 58.4 Å². The highest BCUT2D eigenvalue weighted by Gasteiger charge is 2.46. The first kappa shape index (κ1) is 31.3. The van der Waals surface area contributed by atoms with Crippen molar-refractivity contribution in [2.45, 2.75) is 30.7 Å². The van der Waals surface area contributed by atoms with E-state index in [4.69, 9.17) is 28.1 Å². The Labute approximate surface area is 255 Å². The number of phenolic OH excluding ortho intramolecular Hbond substituents is 2. The zero-order valence-electron chi connectivity index (χ0n) is 24.0. The number of hydrogen-bond acceptors (Lipinski definition) is 13. The second kappa shape index (κ2) is 13.3. The summed E-state index contributed by atoms with van der Waals surface area (Å²) in [7, 11) is 2.86. The number of hydrogen-bond donors (Lipinski definition) is 5. The van der Waals surface area contributed by atoms with Crippen molar-refractivity contribution in [3.8, 4) is 40.1 Å². The van der Waals surface area contributed by atoms with Gasteiger partial charge < -0.3 is 53.6 Å². The van der Waals surface area contributed by atoms with Gasteiger partial charge in [-0.1, -0.05) is 12.1 Å². The lowest BCUT2D eigenvalue weighted by Crippen LogP contribution is -2.60. The molecule has 5 unspecified atom stereocenters. The van der Waals surface area contributed by atoms with Crippen molar-refractivity contribution in [1.29, 1.82) is 0 Å². The molecule has 1 fully saturated rings. The van der Waals surface area contributed by atoms with E-state index in [1.165, 1.54) is 44.6 Å². The molecule has 1 aliphatic rings. The van der Waals surface area contributed by atoms with Crippen molar-refractivity contribution in [2.75, 3.05) is 20.8 Å². The average Bonchev–Trinajstić information content (AvgIpc) is 3.04. The van der Waals surface area contributed by atoms with Gasteiger partial charge in [-0.3, -0.25) is 4.79 Å². The van der Waals surface area contributed by atoms with E-state index in [0.717, 1.165) is 6.08 Å². The first-order chi connectivity index (χ1) is 21.6. The van der Waals surface area contributed by atoms with Gasteiger partial charge in [-0.2, -0.15) is 0 Å². The third-order valence-electron chi connectivity index (χ3n) is 7.09. The highest BCUT2D eigenvalue weighted by atomic mass is 16.7. The summed E-state index contributed by atoms with van der Waals surface area (Å²) in [6.07, 6.45) is -5.95. The third kappa shape index (κ3) is 6.71. The maximum absolute atomic E-state index is 13.7. The normalized spacial score (nSPS) is 21.5. The van der Waals surface area contributed by atoms with Gasteiger partial charge in [-0.15, -0.1) is 0 Å². The summed E-state index contributed by atoms with van der Waals surface area (Å²) in [5, 5.41) is 51.6. The maximum atomic E-state index is 13.7. The van der Waals surface area contributed by atoms with Crippen LogP contribution in [-0.2, 0) is 14.3 Å². The van der Waals surface area contributed by atoms with E-state index >= 15 is 0 Å². The van der Waals surface area contributed by atoms with E-state index in [-0.39, 0.29) is 28.2 Å². The molecular weight excluding hydrogens is 592 g/mol. The van der Waals surface area contributed by atoms with E-state index in [1.807, 2.05) is 0 Å². The van der Waals surface area contributed by atoms with Crippen LogP contribution >= 0.6 is 0 Å². The average molecular weight is 623 g/mol.